The van der Waals surface area contributed by atoms with Crippen LogP contribution in [0.3, 0.4) is 0 Å². The first-order chi connectivity index (χ1) is 15.8. The number of hydrogen-bond acceptors (Lipinski definition) is 9. The number of unbranched alkanes of at least 4 members (excludes halogenated alkanes) is 4. The van der Waals surface area contributed by atoms with Gasteiger partial charge >= 0.3 is 0 Å². The molecule has 1 fully saturated rings. The molecule has 33 heavy (non-hydrogen) atoms. The fourth-order valence-corrected chi connectivity index (χ4v) is 4.14. The highest BCUT2D eigenvalue weighted by Gasteiger charge is 2.46. The van der Waals surface area contributed by atoms with Crippen molar-refractivity contribution < 1.29 is 39.5 Å². The van der Waals surface area contributed by atoms with E-state index in [1.807, 2.05) is 0 Å². The van der Waals surface area contributed by atoms with Crippen molar-refractivity contribution in [1.82, 2.24) is 0 Å². The Morgan fingerprint density at radius 2 is 1.73 bits per heavy atom. The Labute approximate surface area is 193 Å². The van der Waals surface area contributed by atoms with E-state index in [9.17, 15) is 30.0 Å². The Kier molecular flexibility index (Phi) is 9.25. The fourth-order valence-electron chi connectivity index (χ4n) is 4.14. The van der Waals surface area contributed by atoms with Crippen LogP contribution in [0.15, 0.2) is 29.3 Å². The van der Waals surface area contributed by atoms with Crippen LogP contribution in [0.4, 0.5) is 5.69 Å². The number of para-hydroxylation sites is 1. The van der Waals surface area contributed by atoms with Gasteiger partial charge in [0.1, 0.15) is 30.2 Å². The van der Waals surface area contributed by atoms with Crippen LogP contribution < -0.4 is 0 Å². The van der Waals surface area contributed by atoms with E-state index in [0.717, 1.165) is 32.1 Å². The quantitative estimate of drug-likeness (QED) is 0.361. The van der Waals surface area contributed by atoms with E-state index in [2.05, 4.69) is 4.99 Å². The van der Waals surface area contributed by atoms with Crippen LogP contribution in [0.2, 0.25) is 0 Å². The van der Waals surface area contributed by atoms with E-state index in [-0.39, 0.29) is 11.6 Å². The number of ketones is 2. The van der Waals surface area contributed by atoms with Crippen molar-refractivity contribution in [2.45, 2.75) is 88.7 Å². The summed E-state index contributed by atoms with van der Waals surface area (Å²) in [5.41, 5.74) is 1.44. The number of rotatable bonds is 11. The lowest BCUT2D eigenvalue weighted by Crippen LogP contribution is -2.60. The maximum Gasteiger partial charge on any atom is 0.199 e. The number of fused-ring (bicyclic) bond motifs is 1. The first-order valence-corrected chi connectivity index (χ1v) is 11.5. The summed E-state index contributed by atoms with van der Waals surface area (Å²) < 4.78 is 11.3. The third-order valence-electron chi connectivity index (χ3n) is 6.05. The molecular weight excluding hydrogens is 430 g/mol. The van der Waals surface area contributed by atoms with Crippen molar-refractivity contribution >= 4 is 23.0 Å². The Hall–Kier alpha value is -2.01. The van der Waals surface area contributed by atoms with Gasteiger partial charge in [-0.15, -0.1) is 0 Å². The first-order valence-electron chi connectivity index (χ1n) is 11.5. The van der Waals surface area contributed by atoms with Gasteiger partial charge in [0.2, 0.25) is 0 Å². The van der Waals surface area contributed by atoms with Crippen molar-refractivity contribution in [3.05, 3.63) is 29.8 Å². The number of carbonyl (C=O) groups excluding carboxylic acids is 2. The molecule has 1 unspecified atom stereocenters. The largest absolute Gasteiger partial charge is 0.394 e. The molecule has 4 N–H and O–H groups in total. The molecule has 2 heterocycles. The molecule has 2 aliphatic rings. The first kappa shape index (κ1) is 25.6. The molecule has 0 radical (unpaired) electrons. The summed E-state index contributed by atoms with van der Waals surface area (Å²) in [6, 6.07) is 6.92. The topological polar surface area (TPSA) is 146 Å². The predicted molar refractivity (Wildman–Crippen MR) is 120 cm³/mol. The van der Waals surface area contributed by atoms with Gasteiger partial charge in [0.05, 0.1) is 18.0 Å². The Bertz CT molecular complexity index is 855. The predicted octanol–water partition coefficient (Wildman–Crippen LogP) is 1.46. The zero-order valence-corrected chi connectivity index (χ0v) is 18.8. The van der Waals surface area contributed by atoms with Gasteiger partial charge in [0, 0.05) is 12.0 Å². The van der Waals surface area contributed by atoms with Crippen molar-refractivity contribution in [1.29, 1.82) is 0 Å². The molecule has 0 aromatic heterocycles. The minimum Gasteiger partial charge on any atom is -0.394 e. The van der Waals surface area contributed by atoms with Crippen molar-refractivity contribution in [3.8, 4) is 0 Å². The third-order valence-corrected chi connectivity index (χ3v) is 6.05. The molecule has 0 amide bonds. The summed E-state index contributed by atoms with van der Waals surface area (Å²) >= 11 is 0. The molecule has 6 atom stereocenters. The van der Waals surface area contributed by atoms with Crippen LogP contribution in [-0.2, 0) is 14.3 Å². The molecule has 9 nitrogen and oxygen atoms in total. The molecule has 1 aromatic carbocycles. The highest BCUT2D eigenvalue weighted by molar-refractivity contribution is 6.20. The van der Waals surface area contributed by atoms with E-state index in [4.69, 9.17) is 9.47 Å². The number of hydrogen-bond donors (Lipinski definition) is 4. The Morgan fingerprint density at radius 3 is 2.45 bits per heavy atom. The number of Topliss-reactive ketones (excluding diaryl/α,β-unsaturated/α-hetero) is 2. The van der Waals surface area contributed by atoms with Crippen molar-refractivity contribution in [2.75, 3.05) is 6.61 Å². The van der Waals surface area contributed by atoms with Gasteiger partial charge < -0.3 is 34.7 Å². The number of ether oxygens (including phenoxy) is 2. The summed E-state index contributed by atoms with van der Waals surface area (Å²) in [4.78, 5) is 28.9. The summed E-state index contributed by atoms with van der Waals surface area (Å²) in [5.74, 6) is -0.133. The number of benzene rings is 1. The summed E-state index contributed by atoms with van der Waals surface area (Å²) in [7, 11) is 0. The van der Waals surface area contributed by atoms with Crippen LogP contribution in [0.25, 0.3) is 0 Å². The van der Waals surface area contributed by atoms with Crippen molar-refractivity contribution in [2.24, 2.45) is 4.99 Å². The molecule has 0 spiro atoms. The second-order valence-electron chi connectivity index (χ2n) is 8.67. The van der Waals surface area contributed by atoms with Gasteiger partial charge in [-0.25, -0.2) is 0 Å². The molecule has 3 rings (SSSR count). The molecule has 0 saturated carbocycles. The van der Waals surface area contributed by atoms with Crippen LogP contribution in [0, 0.1) is 0 Å². The lowest BCUT2D eigenvalue weighted by atomic mass is 9.93. The SMILES string of the molecule is CC(=O)CCCCCCCC1=Nc2ccccc2C(=O)C1O[C@@H]1O[C@H](CO)[C@@H](O)[C@H](O)[C@H]1O. The van der Waals surface area contributed by atoms with E-state index in [1.165, 1.54) is 0 Å². The number of aliphatic hydroxyl groups is 4. The van der Waals surface area contributed by atoms with E-state index < -0.39 is 43.4 Å². The monoisotopic (exact) mass is 463 g/mol. The summed E-state index contributed by atoms with van der Waals surface area (Å²) in [5, 5.41) is 39.8. The van der Waals surface area contributed by atoms with Gasteiger partial charge in [0.15, 0.2) is 18.2 Å². The van der Waals surface area contributed by atoms with Crippen LogP contribution in [0.5, 0.6) is 0 Å². The Morgan fingerprint density at radius 1 is 1.03 bits per heavy atom. The second kappa shape index (κ2) is 11.9. The average Bonchev–Trinajstić information content (AvgIpc) is 2.80. The normalized spacial score (nSPS) is 29.5. The van der Waals surface area contributed by atoms with Crippen LogP contribution >= 0.6 is 0 Å². The summed E-state index contributed by atoms with van der Waals surface area (Å²) in [6.45, 7) is 1.00. The second-order valence-corrected chi connectivity index (χ2v) is 8.67. The number of aliphatic hydroxyl groups excluding tert-OH is 4. The highest BCUT2D eigenvalue weighted by Crippen LogP contribution is 2.31. The molecular formula is C24H33NO8. The van der Waals surface area contributed by atoms with Gasteiger partial charge in [-0.2, -0.15) is 0 Å². The van der Waals surface area contributed by atoms with Crippen molar-refractivity contribution in [3.63, 3.8) is 0 Å². The maximum absolute atomic E-state index is 13.2. The van der Waals surface area contributed by atoms with Gasteiger partial charge in [-0.3, -0.25) is 9.79 Å². The standard InChI is InChI=1S/C24H33NO8/c1-14(27)9-5-3-2-4-6-12-17-23(19(28)15-10-7-8-11-16(15)25-17)33-24-22(31)21(30)20(29)18(13-26)32-24/h7-8,10-11,18,20-24,26,29-31H,2-6,9,12-13H2,1H3/t18-,20-,21+,22-,23?,24+/m1/s1. The van der Waals surface area contributed by atoms with Gasteiger partial charge in [0.25, 0.3) is 0 Å². The van der Waals surface area contributed by atoms with Crippen LogP contribution in [0.1, 0.15) is 62.2 Å². The van der Waals surface area contributed by atoms with E-state index in [1.54, 1.807) is 31.2 Å². The number of aliphatic imine (C=N–C) groups is 1. The number of carbonyl (C=O) groups is 2. The highest BCUT2D eigenvalue weighted by atomic mass is 16.7. The fraction of sp³-hybridized carbons (Fsp3) is 0.625. The molecule has 182 valence electrons. The molecule has 9 heteroatoms. The van der Waals surface area contributed by atoms with Gasteiger partial charge in [-0.05, 0) is 38.3 Å². The van der Waals surface area contributed by atoms with E-state index >= 15 is 0 Å². The number of nitrogens with zero attached hydrogens (tertiary/aromatic N) is 1. The maximum atomic E-state index is 13.2. The minimum atomic E-state index is -1.60. The van der Waals surface area contributed by atoms with E-state index in [0.29, 0.717) is 29.8 Å². The zero-order valence-electron chi connectivity index (χ0n) is 18.8. The smallest absolute Gasteiger partial charge is 0.199 e. The lowest BCUT2D eigenvalue weighted by Gasteiger charge is -2.41. The minimum absolute atomic E-state index is 0.192. The lowest BCUT2D eigenvalue weighted by molar-refractivity contribution is -0.302. The Balaban J connectivity index is 1.69. The molecule has 1 aromatic rings. The molecule has 2 aliphatic heterocycles. The van der Waals surface area contributed by atoms with Gasteiger partial charge in [-0.1, -0.05) is 31.4 Å². The third kappa shape index (κ3) is 6.32. The average molecular weight is 464 g/mol. The molecule has 0 bridgehead atoms. The zero-order chi connectivity index (χ0) is 24.0. The molecule has 1 saturated heterocycles. The van der Waals surface area contributed by atoms with Crippen LogP contribution in [-0.4, -0.2) is 81.1 Å². The summed E-state index contributed by atoms with van der Waals surface area (Å²) in [6.07, 6.45) is -2.83. The molecule has 0 aliphatic carbocycles.